The summed E-state index contributed by atoms with van der Waals surface area (Å²) in [6.45, 7) is 7.06. The molecule has 2 aliphatic heterocycles. The number of carbonyl (C=O) groups excluding carboxylic acids is 2. The Balaban J connectivity index is 1.25. The molecule has 0 radical (unpaired) electrons. The molecule has 2 fully saturated rings. The molecule has 234 valence electrons. The van der Waals surface area contributed by atoms with Crippen molar-refractivity contribution in [2.45, 2.75) is 82.2 Å². The number of benzene rings is 1. The average molecular weight is 615 g/mol. The normalized spacial score (nSPS) is 24.7. The van der Waals surface area contributed by atoms with E-state index < -0.39 is 27.0 Å². The summed E-state index contributed by atoms with van der Waals surface area (Å²) in [6, 6.07) is 3.06. The molecule has 3 amide bonds. The fourth-order valence-corrected chi connectivity index (χ4v) is 9.94. The van der Waals surface area contributed by atoms with Crippen LogP contribution in [0, 0.1) is 11.2 Å². The zero-order valence-corrected chi connectivity index (χ0v) is 26.2. The van der Waals surface area contributed by atoms with Crippen molar-refractivity contribution in [2.24, 2.45) is 11.1 Å². The van der Waals surface area contributed by atoms with Crippen LogP contribution in [0.25, 0.3) is 5.69 Å². The quantitative estimate of drug-likeness (QED) is 0.474. The number of urea groups is 1. The molecule has 4 N–H and O–H groups in total. The molecule has 12 heteroatoms. The number of anilines is 1. The summed E-state index contributed by atoms with van der Waals surface area (Å²) >= 11 is 0. The number of piperazine rings is 1. The molecular formula is C31H43FN6O4S. The molecule has 1 aromatic carbocycles. The van der Waals surface area contributed by atoms with Crippen LogP contribution in [-0.2, 0) is 29.1 Å². The van der Waals surface area contributed by atoms with Crippen molar-refractivity contribution < 1.29 is 22.4 Å². The molecule has 0 spiro atoms. The van der Waals surface area contributed by atoms with E-state index in [-0.39, 0.29) is 29.4 Å². The van der Waals surface area contributed by atoms with E-state index in [0.29, 0.717) is 54.3 Å². The fourth-order valence-electron chi connectivity index (χ4n) is 7.55. The van der Waals surface area contributed by atoms with Gasteiger partial charge in [-0.2, -0.15) is 0 Å². The van der Waals surface area contributed by atoms with Gasteiger partial charge in [0, 0.05) is 49.7 Å². The first kappa shape index (κ1) is 29.9. The minimum atomic E-state index is -3.49. The van der Waals surface area contributed by atoms with E-state index in [9.17, 15) is 18.0 Å². The molecule has 0 atom stereocenters. The lowest BCUT2D eigenvalue weighted by Crippen LogP contribution is -2.53. The lowest BCUT2D eigenvalue weighted by molar-refractivity contribution is 0.0997. The van der Waals surface area contributed by atoms with Gasteiger partial charge in [0.1, 0.15) is 5.82 Å². The van der Waals surface area contributed by atoms with Crippen LogP contribution in [0.3, 0.4) is 0 Å². The third-order valence-corrected chi connectivity index (χ3v) is 11.9. The number of hydrogen-bond acceptors (Lipinski definition) is 6. The Bertz CT molecular complexity index is 1550. The SMILES string of the molecule is CN1CCN(C(=O)NC2CCC(Nc3cc(-n4c5c(c6c4CC(C)(C)CS6(=O)=O)CCC5)cc(F)c3C(N)=O)CC2)CC1. The molecule has 2 aliphatic carbocycles. The molecule has 0 bridgehead atoms. The Kier molecular flexibility index (Phi) is 7.73. The number of aromatic nitrogens is 1. The molecule has 6 rings (SSSR count). The summed E-state index contributed by atoms with van der Waals surface area (Å²) in [6.07, 6.45) is 5.79. The van der Waals surface area contributed by atoms with E-state index in [4.69, 9.17) is 5.73 Å². The summed E-state index contributed by atoms with van der Waals surface area (Å²) in [4.78, 5) is 29.7. The van der Waals surface area contributed by atoms with Gasteiger partial charge in [-0.1, -0.05) is 13.8 Å². The Morgan fingerprint density at radius 1 is 1.00 bits per heavy atom. The van der Waals surface area contributed by atoms with Crippen molar-refractivity contribution in [3.05, 3.63) is 40.5 Å². The van der Waals surface area contributed by atoms with E-state index in [0.717, 1.165) is 56.5 Å². The second-order valence-electron chi connectivity index (χ2n) is 13.6. The van der Waals surface area contributed by atoms with Gasteiger partial charge in [-0.05, 0) is 81.5 Å². The number of fused-ring (bicyclic) bond motifs is 3. The predicted octanol–water partition coefficient (Wildman–Crippen LogP) is 3.24. The number of likely N-dealkylation sites (N-methyl/N-ethyl adjacent to an activating group) is 1. The minimum absolute atomic E-state index is 0.0249. The van der Waals surface area contributed by atoms with Crippen LogP contribution in [0.4, 0.5) is 14.9 Å². The van der Waals surface area contributed by atoms with Crippen molar-refractivity contribution in [1.29, 1.82) is 0 Å². The minimum Gasteiger partial charge on any atom is -0.382 e. The molecule has 1 saturated carbocycles. The summed E-state index contributed by atoms with van der Waals surface area (Å²) in [5, 5.41) is 6.57. The van der Waals surface area contributed by atoms with Crippen LogP contribution < -0.4 is 16.4 Å². The van der Waals surface area contributed by atoms with Crippen molar-refractivity contribution in [1.82, 2.24) is 19.7 Å². The third-order valence-electron chi connectivity index (χ3n) is 9.59. The van der Waals surface area contributed by atoms with Gasteiger partial charge in [-0.25, -0.2) is 17.6 Å². The van der Waals surface area contributed by atoms with Crippen molar-refractivity contribution in [2.75, 3.05) is 44.3 Å². The summed E-state index contributed by atoms with van der Waals surface area (Å²) in [7, 11) is -1.44. The molecule has 1 aromatic heterocycles. The second kappa shape index (κ2) is 11.1. The molecule has 4 aliphatic rings. The van der Waals surface area contributed by atoms with Crippen LogP contribution in [0.1, 0.15) is 73.3 Å². The highest BCUT2D eigenvalue weighted by Gasteiger charge is 2.42. The summed E-state index contributed by atoms with van der Waals surface area (Å²) in [5.74, 6) is -1.50. The van der Waals surface area contributed by atoms with Gasteiger partial charge in [0.25, 0.3) is 5.91 Å². The highest BCUT2D eigenvalue weighted by molar-refractivity contribution is 7.91. The van der Waals surface area contributed by atoms with Crippen molar-refractivity contribution >= 4 is 27.5 Å². The standard InChI is InChI=1S/C31H43FN6O4S/c1-31(2)17-26-28(43(41,42)18-31)22-5-4-6-25(22)38(26)21-15-23(32)27(29(33)39)24(16-21)34-19-7-9-20(10-8-19)35-30(40)37-13-11-36(3)12-14-37/h15-16,19-20,34H,4-14,17-18H2,1-3H3,(H2,33,39)(H,35,40). The number of nitrogens with zero attached hydrogens (tertiary/aromatic N) is 3. The Hall–Kier alpha value is -3.12. The monoisotopic (exact) mass is 614 g/mol. The molecule has 2 aromatic rings. The van der Waals surface area contributed by atoms with Crippen LogP contribution in [0.5, 0.6) is 0 Å². The number of rotatable bonds is 5. The Labute approximate surface area is 253 Å². The van der Waals surface area contributed by atoms with Crippen molar-refractivity contribution in [3.63, 3.8) is 0 Å². The lowest BCUT2D eigenvalue weighted by Gasteiger charge is -2.35. The largest absolute Gasteiger partial charge is 0.382 e. The first-order chi connectivity index (χ1) is 20.3. The first-order valence-electron chi connectivity index (χ1n) is 15.5. The topological polar surface area (TPSA) is 130 Å². The van der Waals surface area contributed by atoms with Crippen molar-refractivity contribution in [3.8, 4) is 5.69 Å². The molecular weight excluding hydrogens is 571 g/mol. The van der Waals surface area contributed by atoms with E-state index in [1.165, 1.54) is 6.07 Å². The number of primary amides is 1. The Morgan fingerprint density at radius 2 is 1.67 bits per heavy atom. The lowest BCUT2D eigenvalue weighted by atomic mass is 9.89. The average Bonchev–Trinajstić information content (AvgIpc) is 3.48. The summed E-state index contributed by atoms with van der Waals surface area (Å²) in [5.41, 5.74) is 8.31. The van der Waals surface area contributed by atoms with Gasteiger partial charge in [-0.15, -0.1) is 0 Å². The van der Waals surface area contributed by atoms with Crippen LogP contribution in [-0.4, -0.2) is 85.8 Å². The van der Waals surface area contributed by atoms with E-state index in [1.54, 1.807) is 6.07 Å². The summed E-state index contributed by atoms with van der Waals surface area (Å²) < 4.78 is 44.5. The number of carbonyl (C=O) groups is 2. The molecule has 43 heavy (non-hydrogen) atoms. The second-order valence-corrected chi connectivity index (χ2v) is 15.6. The maximum Gasteiger partial charge on any atom is 0.317 e. The zero-order chi connectivity index (χ0) is 30.7. The third kappa shape index (κ3) is 5.75. The maximum absolute atomic E-state index is 15.7. The number of sulfone groups is 1. The van der Waals surface area contributed by atoms with Gasteiger partial charge >= 0.3 is 6.03 Å². The highest BCUT2D eigenvalue weighted by Crippen LogP contribution is 2.45. The number of hydrogen-bond donors (Lipinski definition) is 3. The van der Waals surface area contributed by atoms with Gasteiger partial charge in [0.15, 0.2) is 9.84 Å². The number of amides is 3. The molecule has 0 unspecified atom stereocenters. The van der Waals surface area contributed by atoms with Gasteiger partial charge < -0.3 is 30.7 Å². The first-order valence-corrected chi connectivity index (χ1v) is 17.1. The smallest absolute Gasteiger partial charge is 0.317 e. The van der Waals surface area contributed by atoms with E-state index in [1.807, 2.05) is 23.3 Å². The predicted molar refractivity (Wildman–Crippen MR) is 163 cm³/mol. The van der Waals surface area contributed by atoms with Gasteiger partial charge in [0.05, 0.1) is 27.6 Å². The van der Waals surface area contributed by atoms with Gasteiger partial charge in [0.2, 0.25) is 0 Å². The van der Waals surface area contributed by atoms with Crippen LogP contribution in [0.15, 0.2) is 17.0 Å². The molecule has 10 nitrogen and oxygen atoms in total. The fraction of sp³-hybridized carbons (Fsp3) is 0.613. The van der Waals surface area contributed by atoms with Crippen LogP contribution >= 0.6 is 0 Å². The zero-order valence-electron chi connectivity index (χ0n) is 25.3. The number of nitrogens with one attached hydrogen (secondary N) is 2. The number of halogens is 1. The highest BCUT2D eigenvalue weighted by atomic mass is 32.2. The van der Waals surface area contributed by atoms with Gasteiger partial charge in [-0.3, -0.25) is 4.79 Å². The van der Waals surface area contributed by atoms with E-state index >= 15 is 4.39 Å². The van der Waals surface area contributed by atoms with E-state index in [2.05, 4.69) is 22.6 Å². The Morgan fingerprint density at radius 3 is 2.35 bits per heavy atom. The molecule has 1 saturated heterocycles. The number of nitrogens with two attached hydrogens (primary N) is 1. The maximum atomic E-state index is 15.7. The van der Waals surface area contributed by atoms with Crippen LogP contribution in [0.2, 0.25) is 0 Å². The molecule has 3 heterocycles.